The Labute approximate surface area is 170 Å². The lowest BCUT2D eigenvalue weighted by Crippen LogP contribution is -2.68. The molecule has 0 unspecified atom stereocenters. The van der Waals surface area contributed by atoms with E-state index < -0.39 is 0 Å². The van der Waals surface area contributed by atoms with Crippen LogP contribution in [0.3, 0.4) is 0 Å². The summed E-state index contributed by atoms with van der Waals surface area (Å²) in [5.74, 6) is -0.483. The predicted octanol–water partition coefficient (Wildman–Crippen LogP) is 3.04. The maximum Gasteiger partial charge on any atom is 0.222 e. The van der Waals surface area contributed by atoms with Crippen molar-refractivity contribution in [2.45, 2.75) is 38.3 Å². The summed E-state index contributed by atoms with van der Waals surface area (Å²) in [7, 11) is 1.73. The van der Waals surface area contributed by atoms with Gasteiger partial charge in [0.1, 0.15) is 5.82 Å². The Morgan fingerprint density at radius 2 is 1.76 bits per heavy atom. The van der Waals surface area contributed by atoms with Crippen molar-refractivity contribution in [1.29, 1.82) is 0 Å². The smallest absolute Gasteiger partial charge is 0.222 e. The van der Waals surface area contributed by atoms with Crippen molar-refractivity contribution in [3.05, 3.63) is 59.9 Å². The summed E-state index contributed by atoms with van der Waals surface area (Å²) in [6.07, 6.45) is 0.398. The number of likely N-dealkylation sites (N-methyl/N-ethyl adjacent to an activating group) is 1. The number of nitrogens with zero attached hydrogens (tertiary/aromatic N) is 2. The van der Waals surface area contributed by atoms with Gasteiger partial charge in [-0.25, -0.2) is 4.39 Å². The number of hydrogen-bond acceptors (Lipinski definition) is 3. The molecule has 1 aliphatic heterocycles. The van der Waals surface area contributed by atoms with Gasteiger partial charge in [-0.2, -0.15) is 0 Å². The van der Waals surface area contributed by atoms with Gasteiger partial charge in [0.25, 0.3) is 0 Å². The van der Waals surface area contributed by atoms with Crippen LogP contribution in [-0.2, 0) is 9.59 Å². The molecule has 0 saturated carbocycles. The number of benzene rings is 2. The second-order valence-electron chi connectivity index (χ2n) is 7.50. The molecule has 154 valence electrons. The van der Waals surface area contributed by atoms with Gasteiger partial charge in [0, 0.05) is 38.4 Å². The molecule has 0 radical (unpaired) electrons. The number of halogens is 1. The fourth-order valence-electron chi connectivity index (χ4n) is 4.29. The maximum absolute atomic E-state index is 14.1. The number of rotatable bonds is 6. The quantitative estimate of drug-likeness (QED) is 0.814. The number of likely N-dealkylation sites (tertiary alicyclic amines) is 1. The lowest BCUT2D eigenvalue weighted by Gasteiger charge is -2.55. The third kappa shape index (κ3) is 4.03. The monoisotopic (exact) mass is 398 g/mol. The first kappa shape index (κ1) is 21.0. The van der Waals surface area contributed by atoms with Crippen molar-refractivity contribution in [2.24, 2.45) is 0 Å². The number of carbonyl (C=O) groups is 2. The molecule has 0 spiro atoms. The number of carbonyl (C=O) groups excluding carboxylic acids is 2. The van der Waals surface area contributed by atoms with Crippen LogP contribution in [-0.4, -0.2) is 59.0 Å². The van der Waals surface area contributed by atoms with E-state index in [0.717, 1.165) is 11.1 Å². The first-order valence-corrected chi connectivity index (χ1v) is 9.87. The molecular weight excluding hydrogens is 371 g/mol. The van der Waals surface area contributed by atoms with Gasteiger partial charge in [0.15, 0.2) is 0 Å². The Kier molecular flexibility index (Phi) is 6.33. The molecular formula is C23H27FN2O3. The Hall–Kier alpha value is -2.73. The lowest BCUT2D eigenvalue weighted by molar-refractivity contribution is -0.151. The summed E-state index contributed by atoms with van der Waals surface area (Å²) in [6.45, 7) is 3.54. The third-order valence-corrected chi connectivity index (χ3v) is 5.76. The number of hydrogen-bond donors (Lipinski definition) is 1. The molecule has 2 amide bonds. The summed E-state index contributed by atoms with van der Waals surface area (Å²) >= 11 is 0. The third-order valence-electron chi connectivity index (χ3n) is 5.76. The second kappa shape index (κ2) is 8.74. The van der Waals surface area contributed by atoms with Crippen LogP contribution in [0.15, 0.2) is 48.5 Å². The number of aliphatic hydroxyl groups is 1. The van der Waals surface area contributed by atoms with Gasteiger partial charge in [0.2, 0.25) is 11.8 Å². The van der Waals surface area contributed by atoms with Gasteiger partial charge in [-0.3, -0.25) is 9.59 Å². The van der Waals surface area contributed by atoms with Crippen molar-refractivity contribution >= 4 is 11.8 Å². The van der Waals surface area contributed by atoms with Crippen LogP contribution in [0.25, 0.3) is 11.1 Å². The van der Waals surface area contributed by atoms with Gasteiger partial charge >= 0.3 is 0 Å². The summed E-state index contributed by atoms with van der Waals surface area (Å²) < 4.78 is 14.1. The Bertz CT molecular complexity index is 884. The van der Waals surface area contributed by atoms with E-state index in [1.54, 1.807) is 42.0 Å². The molecule has 29 heavy (non-hydrogen) atoms. The molecule has 1 N–H and O–H groups in total. The fourth-order valence-corrected chi connectivity index (χ4v) is 4.29. The fraction of sp³-hybridized carbons (Fsp3) is 0.391. The van der Waals surface area contributed by atoms with E-state index in [0.29, 0.717) is 18.5 Å². The van der Waals surface area contributed by atoms with Crippen molar-refractivity contribution in [1.82, 2.24) is 9.80 Å². The molecule has 2 aromatic carbocycles. The van der Waals surface area contributed by atoms with Crippen LogP contribution in [0.5, 0.6) is 0 Å². The number of amides is 2. The predicted molar refractivity (Wildman–Crippen MR) is 110 cm³/mol. The molecule has 1 heterocycles. The largest absolute Gasteiger partial charge is 0.394 e. The van der Waals surface area contributed by atoms with E-state index in [2.05, 4.69) is 0 Å². The zero-order chi connectivity index (χ0) is 21.1. The van der Waals surface area contributed by atoms with Crippen molar-refractivity contribution in [3.8, 4) is 11.1 Å². The number of aliphatic hydroxyl groups excluding tert-OH is 1. The molecule has 6 heteroatoms. The van der Waals surface area contributed by atoms with Crippen molar-refractivity contribution in [2.75, 3.05) is 20.2 Å². The molecule has 2 aromatic rings. The molecule has 0 aromatic heterocycles. The lowest BCUT2D eigenvalue weighted by atomic mass is 9.74. The molecule has 5 nitrogen and oxygen atoms in total. The molecule has 1 aliphatic rings. The minimum absolute atomic E-state index is 0.00889. The van der Waals surface area contributed by atoms with E-state index in [1.165, 1.54) is 13.0 Å². The molecule has 3 rings (SSSR count). The van der Waals surface area contributed by atoms with Crippen LogP contribution >= 0.6 is 0 Å². The maximum atomic E-state index is 14.1. The molecule has 0 bridgehead atoms. The van der Waals surface area contributed by atoms with Crippen LogP contribution in [0.2, 0.25) is 0 Å². The minimum Gasteiger partial charge on any atom is -0.394 e. The SMILES string of the molecule is CCC(=O)N(C)C[C@@H]1[C@H](c2ccc(-c3ccccc3F)cc2)[C@H](CO)N1C(C)=O. The molecule has 1 saturated heterocycles. The summed E-state index contributed by atoms with van der Waals surface area (Å²) in [4.78, 5) is 27.5. The summed E-state index contributed by atoms with van der Waals surface area (Å²) in [6, 6.07) is 13.6. The van der Waals surface area contributed by atoms with Gasteiger partial charge in [-0.05, 0) is 17.2 Å². The molecule has 1 fully saturated rings. The summed E-state index contributed by atoms with van der Waals surface area (Å²) in [5.41, 5.74) is 2.26. The first-order chi connectivity index (χ1) is 13.9. The topological polar surface area (TPSA) is 60.9 Å². The highest BCUT2D eigenvalue weighted by atomic mass is 19.1. The van der Waals surface area contributed by atoms with Crippen LogP contribution in [0, 0.1) is 5.82 Å². The van der Waals surface area contributed by atoms with Gasteiger partial charge in [0.05, 0.1) is 18.7 Å². The van der Waals surface area contributed by atoms with Crippen LogP contribution < -0.4 is 0 Å². The molecule has 3 atom stereocenters. The summed E-state index contributed by atoms with van der Waals surface area (Å²) in [5, 5.41) is 9.89. The van der Waals surface area contributed by atoms with Gasteiger partial charge in [-0.15, -0.1) is 0 Å². The van der Waals surface area contributed by atoms with Crippen LogP contribution in [0.1, 0.15) is 31.7 Å². The van der Waals surface area contributed by atoms with Gasteiger partial charge in [-0.1, -0.05) is 49.4 Å². The Morgan fingerprint density at radius 3 is 2.31 bits per heavy atom. The zero-order valence-electron chi connectivity index (χ0n) is 17.0. The van der Waals surface area contributed by atoms with Crippen molar-refractivity contribution < 1.29 is 19.1 Å². The highest BCUT2D eigenvalue weighted by molar-refractivity contribution is 5.77. The average Bonchev–Trinajstić information content (AvgIpc) is 2.70. The van der Waals surface area contributed by atoms with E-state index in [9.17, 15) is 19.1 Å². The van der Waals surface area contributed by atoms with E-state index in [1.807, 2.05) is 24.3 Å². The Balaban J connectivity index is 1.88. The first-order valence-electron chi connectivity index (χ1n) is 9.87. The van der Waals surface area contributed by atoms with Crippen LogP contribution in [0.4, 0.5) is 4.39 Å². The second-order valence-corrected chi connectivity index (χ2v) is 7.50. The minimum atomic E-state index is -0.332. The van der Waals surface area contributed by atoms with E-state index in [-0.39, 0.29) is 42.2 Å². The van der Waals surface area contributed by atoms with E-state index in [4.69, 9.17) is 0 Å². The average molecular weight is 398 g/mol. The Morgan fingerprint density at radius 1 is 1.10 bits per heavy atom. The van der Waals surface area contributed by atoms with Crippen molar-refractivity contribution in [3.63, 3.8) is 0 Å². The highest BCUT2D eigenvalue weighted by Crippen LogP contribution is 2.41. The normalized spacial score (nSPS) is 20.9. The highest BCUT2D eigenvalue weighted by Gasteiger charge is 2.50. The van der Waals surface area contributed by atoms with E-state index >= 15 is 0 Å². The standard InChI is InChI=1S/C23H27FN2O3/c1-4-22(29)25(3)13-20-23(21(14-27)26(20)15(2)28)17-11-9-16(10-12-17)18-7-5-6-8-19(18)24/h5-12,20-21,23,27H,4,13-14H2,1-3H3/t20-,21+,23+/m1/s1. The molecule has 0 aliphatic carbocycles. The zero-order valence-corrected chi connectivity index (χ0v) is 17.0. The van der Waals surface area contributed by atoms with Gasteiger partial charge < -0.3 is 14.9 Å².